The lowest BCUT2D eigenvalue weighted by molar-refractivity contribution is -0.137. The fraction of sp³-hybridized carbons (Fsp3) is 0.143. The van der Waals surface area contributed by atoms with Crippen LogP contribution in [0.3, 0.4) is 0 Å². The minimum absolute atomic E-state index is 0.0343. The Bertz CT molecular complexity index is 678. The summed E-state index contributed by atoms with van der Waals surface area (Å²) in [6.07, 6.45) is -4.68. The van der Waals surface area contributed by atoms with E-state index in [9.17, 15) is 26.3 Å². The van der Waals surface area contributed by atoms with Gasteiger partial charge in [0, 0.05) is 11.6 Å². The van der Waals surface area contributed by atoms with E-state index >= 15 is 0 Å². The van der Waals surface area contributed by atoms with Crippen molar-refractivity contribution in [2.45, 2.75) is 12.8 Å². The third-order valence-electron chi connectivity index (χ3n) is 2.91. The molecule has 7 heteroatoms. The minimum Gasteiger partial charge on any atom is -0.392 e. The van der Waals surface area contributed by atoms with Crippen molar-refractivity contribution < 1.29 is 31.4 Å². The molecule has 112 valence electrons. The lowest BCUT2D eigenvalue weighted by Gasteiger charge is -2.13. The van der Waals surface area contributed by atoms with Gasteiger partial charge in [-0.05, 0) is 29.3 Å². The van der Waals surface area contributed by atoms with Crippen molar-refractivity contribution >= 4 is 0 Å². The Morgan fingerprint density at radius 3 is 2.00 bits per heavy atom. The van der Waals surface area contributed by atoms with Crippen LogP contribution < -0.4 is 0 Å². The number of benzene rings is 2. The van der Waals surface area contributed by atoms with Crippen molar-refractivity contribution in [1.82, 2.24) is 0 Å². The maximum Gasteiger partial charge on any atom is 0.416 e. The number of aliphatic hydroxyl groups excluding tert-OH is 1. The highest BCUT2D eigenvalue weighted by molar-refractivity contribution is 5.69. The normalized spacial score (nSPS) is 11.8. The standard InChI is InChI=1S/C14H8F6O/c15-11-5-13(17)12(16)4-10(11)9-3-8(14(18,19)20)2-1-7(9)6-21/h1-5,21H,6H2. The molecule has 0 amide bonds. The third kappa shape index (κ3) is 3.02. The Morgan fingerprint density at radius 2 is 1.43 bits per heavy atom. The van der Waals surface area contributed by atoms with Crippen LogP contribution in [0.4, 0.5) is 26.3 Å². The van der Waals surface area contributed by atoms with E-state index < -0.39 is 41.4 Å². The van der Waals surface area contributed by atoms with Gasteiger partial charge in [0.15, 0.2) is 11.6 Å². The number of hydrogen-bond donors (Lipinski definition) is 1. The first-order chi connectivity index (χ1) is 9.74. The van der Waals surface area contributed by atoms with Gasteiger partial charge in [-0.2, -0.15) is 13.2 Å². The molecule has 0 spiro atoms. The van der Waals surface area contributed by atoms with Gasteiger partial charge in [0.05, 0.1) is 12.2 Å². The first kappa shape index (κ1) is 15.4. The smallest absolute Gasteiger partial charge is 0.392 e. The monoisotopic (exact) mass is 306 g/mol. The van der Waals surface area contributed by atoms with Crippen LogP contribution in [0, 0.1) is 17.5 Å². The van der Waals surface area contributed by atoms with Crippen LogP contribution in [0.1, 0.15) is 11.1 Å². The average Bonchev–Trinajstić information content (AvgIpc) is 2.41. The molecule has 0 aromatic heterocycles. The van der Waals surface area contributed by atoms with Crippen molar-refractivity contribution in [2.75, 3.05) is 0 Å². The molecule has 0 aliphatic heterocycles. The van der Waals surface area contributed by atoms with Gasteiger partial charge in [0.1, 0.15) is 5.82 Å². The number of hydrogen-bond acceptors (Lipinski definition) is 1. The molecule has 2 aromatic rings. The van der Waals surface area contributed by atoms with Crippen LogP contribution in [0.2, 0.25) is 0 Å². The molecule has 0 unspecified atom stereocenters. The van der Waals surface area contributed by atoms with Crippen molar-refractivity contribution in [3.05, 3.63) is 58.9 Å². The van der Waals surface area contributed by atoms with Crippen LogP contribution in [-0.2, 0) is 12.8 Å². The van der Waals surface area contributed by atoms with E-state index in [2.05, 4.69) is 0 Å². The van der Waals surface area contributed by atoms with Gasteiger partial charge in [0.2, 0.25) is 0 Å². The fourth-order valence-electron chi connectivity index (χ4n) is 1.87. The molecule has 0 bridgehead atoms. The molecule has 0 saturated heterocycles. The highest BCUT2D eigenvalue weighted by Crippen LogP contribution is 2.35. The summed E-state index contributed by atoms with van der Waals surface area (Å²) in [5, 5.41) is 9.12. The van der Waals surface area contributed by atoms with Gasteiger partial charge < -0.3 is 5.11 Å². The summed E-state index contributed by atoms with van der Waals surface area (Å²) >= 11 is 0. The zero-order valence-electron chi connectivity index (χ0n) is 10.3. The summed E-state index contributed by atoms with van der Waals surface area (Å²) < 4.78 is 77.8. The van der Waals surface area contributed by atoms with Gasteiger partial charge >= 0.3 is 6.18 Å². The van der Waals surface area contributed by atoms with E-state index in [1.54, 1.807) is 0 Å². The lowest BCUT2D eigenvalue weighted by atomic mass is 9.96. The molecule has 0 saturated carbocycles. The molecule has 1 nitrogen and oxygen atoms in total. The molecule has 0 fully saturated rings. The summed E-state index contributed by atoms with van der Waals surface area (Å²) in [5.41, 5.74) is -2.01. The van der Waals surface area contributed by atoms with Crippen molar-refractivity contribution in [2.24, 2.45) is 0 Å². The highest BCUT2D eigenvalue weighted by atomic mass is 19.4. The Kier molecular flexibility index (Phi) is 3.95. The van der Waals surface area contributed by atoms with Crippen LogP contribution in [0.15, 0.2) is 30.3 Å². The molecule has 0 aliphatic carbocycles. The summed E-state index contributed by atoms with van der Waals surface area (Å²) in [7, 11) is 0. The lowest BCUT2D eigenvalue weighted by Crippen LogP contribution is -2.06. The topological polar surface area (TPSA) is 20.2 Å². The molecule has 0 heterocycles. The van der Waals surface area contributed by atoms with E-state index in [1.807, 2.05) is 0 Å². The number of halogens is 6. The predicted molar refractivity (Wildman–Crippen MR) is 62.7 cm³/mol. The molecule has 21 heavy (non-hydrogen) atoms. The van der Waals surface area contributed by atoms with Crippen molar-refractivity contribution in [3.8, 4) is 11.1 Å². The summed E-state index contributed by atoms with van der Waals surface area (Å²) in [6.45, 7) is -0.675. The molecule has 2 aromatic carbocycles. The SMILES string of the molecule is OCc1ccc(C(F)(F)F)cc1-c1cc(F)c(F)cc1F. The van der Waals surface area contributed by atoms with Gasteiger partial charge in [-0.15, -0.1) is 0 Å². The first-order valence-electron chi connectivity index (χ1n) is 5.70. The van der Waals surface area contributed by atoms with E-state index in [1.165, 1.54) is 0 Å². The Balaban J connectivity index is 2.70. The summed E-state index contributed by atoms with van der Waals surface area (Å²) in [6, 6.07) is 2.96. The second-order valence-electron chi connectivity index (χ2n) is 4.27. The molecule has 2 rings (SSSR count). The van der Waals surface area contributed by atoms with Gasteiger partial charge in [0.25, 0.3) is 0 Å². The van der Waals surface area contributed by atoms with Crippen LogP contribution >= 0.6 is 0 Å². The average molecular weight is 306 g/mol. The molecular formula is C14H8F6O. The Labute approximate surface area is 115 Å². The van der Waals surface area contributed by atoms with E-state index in [0.29, 0.717) is 18.2 Å². The number of rotatable bonds is 2. The van der Waals surface area contributed by atoms with Crippen LogP contribution in [0.5, 0.6) is 0 Å². The quantitative estimate of drug-likeness (QED) is 0.648. The Hall–Kier alpha value is -2.02. The zero-order valence-corrected chi connectivity index (χ0v) is 10.3. The van der Waals surface area contributed by atoms with Gasteiger partial charge in [-0.3, -0.25) is 0 Å². The number of alkyl halides is 3. The molecule has 1 N–H and O–H groups in total. The van der Waals surface area contributed by atoms with E-state index in [0.717, 1.165) is 6.07 Å². The fourth-order valence-corrected chi connectivity index (χ4v) is 1.87. The van der Waals surface area contributed by atoms with E-state index in [4.69, 9.17) is 5.11 Å². The van der Waals surface area contributed by atoms with Crippen LogP contribution in [0.25, 0.3) is 11.1 Å². The highest BCUT2D eigenvalue weighted by Gasteiger charge is 2.31. The summed E-state index contributed by atoms with van der Waals surface area (Å²) in [5.74, 6) is -4.07. The molecule has 0 aliphatic rings. The largest absolute Gasteiger partial charge is 0.416 e. The molecular weight excluding hydrogens is 298 g/mol. The Morgan fingerprint density at radius 1 is 0.810 bits per heavy atom. The maximum absolute atomic E-state index is 13.7. The maximum atomic E-state index is 13.7. The van der Waals surface area contributed by atoms with Crippen LogP contribution in [-0.4, -0.2) is 5.11 Å². The second-order valence-corrected chi connectivity index (χ2v) is 4.27. The van der Waals surface area contributed by atoms with Crippen molar-refractivity contribution in [3.63, 3.8) is 0 Å². The van der Waals surface area contributed by atoms with E-state index in [-0.39, 0.29) is 17.2 Å². The van der Waals surface area contributed by atoms with Crippen molar-refractivity contribution in [1.29, 1.82) is 0 Å². The first-order valence-corrected chi connectivity index (χ1v) is 5.70. The molecule has 0 radical (unpaired) electrons. The number of aliphatic hydroxyl groups is 1. The zero-order chi connectivity index (χ0) is 15.8. The minimum atomic E-state index is -4.68. The second kappa shape index (κ2) is 5.40. The molecule has 0 atom stereocenters. The van der Waals surface area contributed by atoms with Gasteiger partial charge in [-0.1, -0.05) is 6.07 Å². The van der Waals surface area contributed by atoms with Gasteiger partial charge in [-0.25, -0.2) is 13.2 Å². The predicted octanol–water partition coefficient (Wildman–Crippen LogP) is 4.28. The third-order valence-corrected chi connectivity index (χ3v) is 2.91. The summed E-state index contributed by atoms with van der Waals surface area (Å²) in [4.78, 5) is 0.